The highest BCUT2D eigenvalue weighted by molar-refractivity contribution is 7.80. The zero-order chi connectivity index (χ0) is 14.2. The number of thiocarbonyl (C=S) groups is 1. The second-order valence-electron chi connectivity index (χ2n) is 5.38. The largest absolute Gasteiger partial charge is 0.352 e. The van der Waals surface area contributed by atoms with Crippen LogP contribution in [0.1, 0.15) is 29.2 Å². The maximum atomic E-state index is 5.40. The van der Waals surface area contributed by atoms with E-state index in [1.807, 2.05) is 12.3 Å². The van der Waals surface area contributed by atoms with Crippen LogP contribution in [0, 0.1) is 0 Å². The molecule has 0 amide bonds. The molecule has 2 aliphatic rings. The monoisotopic (exact) mass is 293 g/mol. The van der Waals surface area contributed by atoms with Crippen molar-refractivity contribution < 1.29 is 0 Å². The van der Waals surface area contributed by atoms with Gasteiger partial charge in [-0.2, -0.15) is 0 Å². The highest BCUT2D eigenvalue weighted by atomic mass is 32.1. The van der Waals surface area contributed by atoms with Crippen molar-refractivity contribution in [1.29, 1.82) is 0 Å². The first-order valence-corrected chi connectivity index (χ1v) is 7.52. The fourth-order valence-corrected chi connectivity index (χ4v) is 3.40. The van der Waals surface area contributed by atoms with Gasteiger partial charge in [-0.05, 0) is 47.8 Å². The van der Waals surface area contributed by atoms with Gasteiger partial charge in [-0.1, -0.05) is 30.3 Å². The van der Waals surface area contributed by atoms with Crippen molar-refractivity contribution in [3.63, 3.8) is 0 Å². The highest BCUT2D eigenvalue weighted by Crippen LogP contribution is 2.38. The van der Waals surface area contributed by atoms with Crippen LogP contribution in [-0.4, -0.2) is 10.1 Å². The Balaban J connectivity index is 1.86. The number of nitrogens with zero attached hydrogens (tertiary/aromatic N) is 1. The third-order valence-corrected chi connectivity index (χ3v) is 4.37. The van der Waals surface area contributed by atoms with E-state index in [0.29, 0.717) is 5.11 Å². The highest BCUT2D eigenvalue weighted by Gasteiger charge is 2.30. The number of pyridine rings is 1. The van der Waals surface area contributed by atoms with E-state index < -0.39 is 0 Å². The Kier molecular flexibility index (Phi) is 2.97. The lowest BCUT2D eigenvalue weighted by atomic mass is 9.83. The molecule has 0 saturated heterocycles. The van der Waals surface area contributed by atoms with Crippen molar-refractivity contribution in [2.24, 2.45) is 0 Å². The summed E-state index contributed by atoms with van der Waals surface area (Å²) in [6, 6.07) is 12.7. The van der Waals surface area contributed by atoms with Gasteiger partial charge in [-0.15, -0.1) is 0 Å². The van der Waals surface area contributed by atoms with E-state index >= 15 is 0 Å². The first-order valence-electron chi connectivity index (χ1n) is 7.12. The topological polar surface area (TPSA) is 37.0 Å². The van der Waals surface area contributed by atoms with Crippen LogP contribution in [0.25, 0.3) is 5.70 Å². The minimum absolute atomic E-state index is 0.121. The minimum atomic E-state index is 0.121. The lowest BCUT2D eigenvalue weighted by Crippen LogP contribution is -2.44. The van der Waals surface area contributed by atoms with E-state index in [-0.39, 0.29) is 6.04 Å². The van der Waals surface area contributed by atoms with Crippen LogP contribution in [0.2, 0.25) is 0 Å². The maximum absolute atomic E-state index is 5.40. The molecule has 3 nitrogen and oxygen atoms in total. The predicted octanol–water partition coefficient (Wildman–Crippen LogP) is 2.96. The van der Waals surface area contributed by atoms with Crippen LogP contribution in [-0.2, 0) is 6.42 Å². The molecule has 1 atom stereocenters. The van der Waals surface area contributed by atoms with Crippen molar-refractivity contribution >= 4 is 23.0 Å². The summed E-state index contributed by atoms with van der Waals surface area (Å²) in [6.45, 7) is 0. The first-order chi connectivity index (χ1) is 10.3. The molecule has 0 fully saturated rings. The fourth-order valence-electron chi connectivity index (χ4n) is 3.18. The van der Waals surface area contributed by atoms with Crippen LogP contribution in [0.5, 0.6) is 0 Å². The summed E-state index contributed by atoms with van der Waals surface area (Å²) in [7, 11) is 0. The Morgan fingerprint density at radius 2 is 2.00 bits per heavy atom. The summed E-state index contributed by atoms with van der Waals surface area (Å²) < 4.78 is 0. The summed E-state index contributed by atoms with van der Waals surface area (Å²) in [5.74, 6) is 0. The summed E-state index contributed by atoms with van der Waals surface area (Å²) in [4.78, 5) is 4.24. The maximum Gasteiger partial charge on any atom is 0.171 e. The Morgan fingerprint density at radius 1 is 1.10 bits per heavy atom. The summed E-state index contributed by atoms with van der Waals surface area (Å²) in [5.41, 5.74) is 6.37. The molecular weight excluding hydrogens is 278 g/mol. The molecule has 2 N–H and O–H groups in total. The molecule has 0 radical (unpaired) electrons. The molecule has 2 heterocycles. The minimum Gasteiger partial charge on any atom is -0.352 e. The number of hydrogen-bond acceptors (Lipinski definition) is 2. The van der Waals surface area contributed by atoms with Gasteiger partial charge in [0.2, 0.25) is 0 Å². The second-order valence-corrected chi connectivity index (χ2v) is 5.78. The van der Waals surface area contributed by atoms with Crippen LogP contribution in [0.15, 0.2) is 54.4 Å². The number of hydrogen-bond donors (Lipinski definition) is 2. The Morgan fingerprint density at radius 3 is 2.86 bits per heavy atom. The van der Waals surface area contributed by atoms with Gasteiger partial charge < -0.3 is 10.6 Å². The van der Waals surface area contributed by atoms with Crippen LogP contribution < -0.4 is 10.6 Å². The average molecular weight is 293 g/mol. The molecular formula is C17H15N3S. The molecule has 0 spiro atoms. The zero-order valence-corrected chi connectivity index (χ0v) is 12.3. The number of benzene rings is 1. The molecule has 104 valence electrons. The molecule has 1 aliphatic carbocycles. The number of fused-ring (bicyclic) bond motifs is 2. The van der Waals surface area contributed by atoms with E-state index in [4.69, 9.17) is 12.2 Å². The van der Waals surface area contributed by atoms with E-state index in [9.17, 15) is 0 Å². The van der Waals surface area contributed by atoms with Crippen molar-refractivity contribution in [2.45, 2.75) is 18.9 Å². The normalized spacial score (nSPS) is 20.2. The Hall–Kier alpha value is -2.20. The molecule has 0 unspecified atom stereocenters. The standard InChI is InChI=1S/C17H15N3S/c21-17-19-15(12-5-3-9-18-10-12)14-8-7-11-4-1-2-6-13(11)16(14)20-17/h1-6,9-10,15H,7-8H2,(H2,19,20,21)/t15-/m0/s1. The van der Waals surface area contributed by atoms with E-state index in [2.05, 4.69) is 45.9 Å². The third-order valence-electron chi connectivity index (χ3n) is 4.15. The van der Waals surface area contributed by atoms with Gasteiger partial charge in [0.25, 0.3) is 0 Å². The zero-order valence-electron chi connectivity index (χ0n) is 11.5. The molecule has 2 aromatic rings. The predicted molar refractivity (Wildman–Crippen MR) is 87.5 cm³/mol. The van der Waals surface area contributed by atoms with Crippen LogP contribution >= 0.6 is 12.2 Å². The van der Waals surface area contributed by atoms with Crippen molar-refractivity contribution in [3.8, 4) is 0 Å². The van der Waals surface area contributed by atoms with Crippen molar-refractivity contribution in [3.05, 3.63) is 71.1 Å². The summed E-state index contributed by atoms with van der Waals surface area (Å²) >= 11 is 5.40. The van der Waals surface area contributed by atoms with E-state index in [0.717, 1.165) is 18.4 Å². The van der Waals surface area contributed by atoms with Crippen molar-refractivity contribution in [2.75, 3.05) is 0 Å². The summed E-state index contributed by atoms with van der Waals surface area (Å²) in [6.07, 6.45) is 5.82. The lowest BCUT2D eigenvalue weighted by Gasteiger charge is -2.35. The van der Waals surface area contributed by atoms with Gasteiger partial charge in [-0.3, -0.25) is 4.98 Å². The van der Waals surface area contributed by atoms with Crippen LogP contribution in [0.4, 0.5) is 0 Å². The Labute approximate surface area is 129 Å². The molecule has 1 aromatic carbocycles. The Bertz CT molecular complexity index is 737. The average Bonchev–Trinajstić information content (AvgIpc) is 2.55. The molecule has 1 aliphatic heterocycles. The third kappa shape index (κ3) is 2.12. The molecule has 0 bridgehead atoms. The molecule has 4 heteroatoms. The molecule has 4 rings (SSSR count). The van der Waals surface area contributed by atoms with Gasteiger partial charge in [-0.25, -0.2) is 0 Å². The first kappa shape index (κ1) is 12.5. The van der Waals surface area contributed by atoms with E-state index in [1.165, 1.54) is 22.4 Å². The van der Waals surface area contributed by atoms with Gasteiger partial charge in [0.15, 0.2) is 5.11 Å². The SMILES string of the molecule is S=C1NC2=C(CCc3ccccc32)[C@H](c2cccnc2)N1. The van der Waals surface area contributed by atoms with E-state index in [1.54, 1.807) is 6.20 Å². The quantitative estimate of drug-likeness (QED) is 0.793. The molecule has 1 aromatic heterocycles. The lowest BCUT2D eigenvalue weighted by molar-refractivity contribution is 0.665. The summed E-state index contributed by atoms with van der Waals surface area (Å²) in [5, 5.41) is 7.42. The number of nitrogens with one attached hydrogen (secondary N) is 2. The molecule has 0 saturated carbocycles. The second kappa shape index (κ2) is 4.97. The van der Waals surface area contributed by atoms with Crippen molar-refractivity contribution in [1.82, 2.24) is 15.6 Å². The number of rotatable bonds is 1. The van der Waals surface area contributed by atoms with Crippen LogP contribution in [0.3, 0.4) is 0 Å². The van der Waals surface area contributed by atoms with Gasteiger partial charge in [0.05, 0.1) is 6.04 Å². The van der Waals surface area contributed by atoms with Gasteiger partial charge in [0.1, 0.15) is 0 Å². The number of aryl methyl sites for hydroxylation is 1. The van der Waals surface area contributed by atoms with Gasteiger partial charge in [0, 0.05) is 23.7 Å². The van der Waals surface area contributed by atoms with Gasteiger partial charge >= 0.3 is 0 Å². The smallest absolute Gasteiger partial charge is 0.171 e. The number of aromatic nitrogens is 1. The molecule has 21 heavy (non-hydrogen) atoms. The fraction of sp³-hybridized carbons (Fsp3) is 0.176.